The van der Waals surface area contributed by atoms with Gasteiger partial charge in [0.1, 0.15) is 10.7 Å². The highest BCUT2D eigenvalue weighted by Gasteiger charge is 2.24. The van der Waals surface area contributed by atoms with Crippen LogP contribution in [0, 0.1) is 17.6 Å². The Labute approximate surface area is 125 Å². The average Bonchev–Trinajstić information content (AvgIpc) is 3.19. The normalized spacial score (nSPS) is 15.0. The fourth-order valence-corrected chi connectivity index (χ4v) is 2.92. The Balaban J connectivity index is 2.10. The van der Waals surface area contributed by atoms with Gasteiger partial charge in [-0.15, -0.1) is 0 Å². The number of hydrogen-bond donors (Lipinski definition) is 1. The van der Waals surface area contributed by atoms with Crippen LogP contribution in [0.4, 0.5) is 8.78 Å². The molecule has 0 atom stereocenters. The number of rotatable bonds is 6. The van der Waals surface area contributed by atoms with Crippen LogP contribution in [0.15, 0.2) is 17.0 Å². The van der Waals surface area contributed by atoms with Crippen molar-refractivity contribution in [3.63, 3.8) is 0 Å². The Bertz CT molecular complexity index is 660. The molecule has 0 aromatic heterocycles. The van der Waals surface area contributed by atoms with Gasteiger partial charge >= 0.3 is 0 Å². The minimum atomic E-state index is -4.46. The molecule has 0 bridgehead atoms. The summed E-state index contributed by atoms with van der Waals surface area (Å²) in [5.74, 6) is -2.53. The molecule has 0 spiro atoms. The van der Waals surface area contributed by atoms with Gasteiger partial charge in [0.25, 0.3) is 15.0 Å². The van der Waals surface area contributed by atoms with Gasteiger partial charge in [-0.1, -0.05) is 12.8 Å². The van der Waals surface area contributed by atoms with Crippen molar-refractivity contribution in [2.24, 2.45) is 5.92 Å². The van der Waals surface area contributed by atoms with Crippen molar-refractivity contribution >= 4 is 25.6 Å². The van der Waals surface area contributed by atoms with Crippen LogP contribution in [0.1, 0.15) is 36.0 Å². The minimum Gasteiger partial charge on any atom is -0.352 e. The summed E-state index contributed by atoms with van der Waals surface area (Å²) in [6.45, 7) is 0.328. The van der Waals surface area contributed by atoms with E-state index in [1.807, 2.05) is 0 Å². The van der Waals surface area contributed by atoms with Crippen molar-refractivity contribution in [3.8, 4) is 0 Å². The Morgan fingerprint density at radius 1 is 1.33 bits per heavy atom. The van der Waals surface area contributed by atoms with Crippen molar-refractivity contribution in [1.82, 2.24) is 5.32 Å². The Hall–Kier alpha value is -1.21. The van der Waals surface area contributed by atoms with Gasteiger partial charge in [0.05, 0.1) is 5.56 Å². The third kappa shape index (κ3) is 4.38. The topological polar surface area (TPSA) is 63.2 Å². The number of halogens is 3. The molecule has 1 saturated carbocycles. The van der Waals surface area contributed by atoms with Crippen LogP contribution < -0.4 is 5.32 Å². The number of nitrogens with one attached hydrogen (secondary N) is 1. The SMILES string of the molecule is O=C(NCCCC1CC1)c1cc(F)cc(S(=O)(=O)Cl)c1F. The zero-order chi connectivity index (χ0) is 15.6. The molecule has 0 unspecified atom stereocenters. The zero-order valence-corrected chi connectivity index (χ0v) is 12.6. The van der Waals surface area contributed by atoms with E-state index < -0.39 is 37.1 Å². The van der Waals surface area contributed by atoms with Crippen LogP contribution in [0.3, 0.4) is 0 Å². The lowest BCUT2D eigenvalue weighted by molar-refractivity contribution is 0.0947. The van der Waals surface area contributed by atoms with Crippen LogP contribution in [-0.4, -0.2) is 20.9 Å². The highest BCUT2D eigenvalue weighted by atomic mass is 35.7. The van der Waals surface area contributed by atoms with E-state index in [0.29, 0.717) is 24.6 Å². The summed E-state index contributed by atoms with van der Waals surface area (Å²) in [6.07, 6.45) is 4.12. The molecule has 1 aromatic carbocycles. The number of benzene rings is 1. The number of carbonyl (C=O) groups is 1. The van der Waals surface area contributed by atoms with Gasteiger partial charge in [0.15, 0.2) is 5.82 Å². The van der Waals surface area contributed by atoms with Crippen LogP contribution in [0.5, 0.6) is 0 Å². The summed E-state index contributed by atoms with van der Waals surface area (Å²) in [5, 5.41) is 2.45. The zero-order valence-electron chi connectivity index (χ0n) is 11.0. The third-order valence-corrected chi connectivity index (χ3v) is 4.60. The van der Waals surface area contributed by atoms with Crippen molar-refractivity contribution in [2.75, 3.05) is 6.54 Å². The average molecular weight is 338 g/mol. The van der Waals surface area contributed by atoms with E-state index >= 15 is 0 Å². The summed E-state index contributed by atoms with van der Waals surface area (Å²) in [4.78, 5) is 10.8. The fraction of sp³-hybridized carbons (Fsp3) is 0.462. The largest absolute Gasteiger partial charge is 0.352 e. The van der Waals surface area contributed by atoms with Crippen molar-refractivity contribution in [3.05, 3.63) is 29.3 Å². The molecule has 1 amide bonds. The van der Waals surface area contributed by atoms with E-state index in [1.54, 1.807) is 0 Å². The highest BCUT2D eigenvalue weighted by Crippen LogP contribution is 2.33. The van der Waals surface area contributed by atoms with Crippen LogP contribution in [-0.2, 0) is 9.05 Å². The van der Waals surface area contributed by atoms with E-state index in [-0.39, 0.29) is 0 Å². The van der Waals surface area contributed by atoms with E-state index in [0.717, 1.165) is 12.8 Å². The molecule has 4 nitrogen and oxygen atoms in total. The summed E-state index contributed by atoms with van der Waals surface area (Å²) in [6, 6.07) is 1.10. The van der Waals surface area contributed by atoms with Crippen molar-refractivity contribution in [1.29, 1.82) is 0 Å². The van der Waals surface area contributed by atoms with Gasteiger partial charge in [-0.25, -0.2) is 17.2 Å². The maximum atomic E-state index is 14.0. The molecule has 0 saturated heterocycles. The molecule has 116 valence electrons. The maximum Gasteiger partial charge on any atom is 0.264 e. The smallest absolute Gasteiger partial charge is 0.264 e. The molecule has 8 heteroatoms. The molecule has 0 aliphatic heterocycles. The van der Waals surface area contributed by atoms with Gasteiger partial charge < -0.3 is 5.32 Å². The second-order valence-electron chi connectivity index (χ2n) is 5.04. The molecule has 1 aliphatic rings. The van der Waals surface area contributed by atoms with Crippen molar-refractivity contribution < 1.29 is 22.0 Å². The first-order valence-electron chi connectivity index (χ1n) is 6.51. The van der Waals surface area contributed by atoms with Gasteiger partial charge in [0, 0.05) is 17.2 Å². The molecule has 21 heavy (non-hydrogen) atoms. The quantitative estimate of drug-likeness (QED) is 0.641. The molecular weight excluding hydrogens is 324 g/mol. The summed E-state index contributed by atoms with van der Waals surface area (Å²) in [5.41, 5.74) is -0.666. The number of amides is 1. The monoisotopic (exact) mass is 337 g/mol. The Morgan fingerprint density at radius 2 is 2.00 bits per heavy atom. The molecule has 0 heterocycles. The fourth-order valence-electron chi connectivity index (χ4n) is 2.00. The lowest BCUT2D eigenvalue weighted by Gasteiger charge is -2.08. The van der Waals surface area contributed by atoms with Gasteiger partial charge in [0.2, 0.25) is 0 Å². The van der Waals surface area contributed by atoms with Crippen LogP contribution >= 0.6 is 10.7 Å². The first kappa shape index (κ1) is 16.2. The van der Waals surface area contributed by atoms with Gasteiger partial charge in [-0.05, 0) is 30.9 Å². The molecule has 1 N–H and O–H groups in total. The minimum absolute atomic E-state index is 0.328. The second-order valence-corrected chi connectivity index (χ2v) is 7.58. The van der Waals surface area contributed by atoms with E-state index in [4.69, 9.17) is 10.7 Å². The predicted molar refractivity (Wildman–Crippen MR) is 73.7 cm³/mol. The Kier molecular flexibility index (Phi) is 4.83. The summed E-state index contributed by atoms with van der Waals surface area (Å²) in [7, 11) is 0.552. The third-order valence-electron chi connectivity index (χ3n) is 3.28. The first-order valence-corrected chi connectivity index (χ1v) is 8.82. The molecule has 1 aliphatic carbocycles. The van der Waals surface area contributed by atoms with E-state index in [2.05, 4.69) is 5.32 Å². The summed E-state index contributed by atoms with van der Waals surface area (Å²) < 4.78 is 49.6. The van der Waals surface area contributed by atoms with E-state index in [1.165, 1.54) is 12.8 Å². The van der Waals surface area contributed by atoms with E-state index in [9.17, 15) is 22.0 Å². The molecular formula is C13H14ClF2NO3S. The van der Waals surface area contributed by atoms with Crippen LogP contribution in [0.25, 0.3) is 0 Å². The van der Waals surface area contributed by atoms with Crippen molar-refractivity contribution in [2.45, 2.75) is 30.6 Å². The first-order chi connectivity index (χ1) is 9.79. The number of hydrogen-bond acceptors (Lipinski definition) is 3. The molecule has 1 fully saturated rings. The number of carbonyl (C=O) groups excluding carboxylic acids is 1. The lowest BCUT2D eigenvalue weighted by atomic mass is 10.1. The highest BCUT2D eigenvalue weighted by molar-refractivity contribution is 8.13. The summed E-state index contributed by atoms with van der Waals surface area (Å²) >= 11 is 0. The molecule has 2 rings (SSSR count). The molecule has 0 radical (unpaired) electrons. The van der Waals surface area contributed by atoms with Gasteiger partial charge in [-0.3, -0.25) is 4.79 Å². The predicted octanol–water partition coefficient (Wildman–Crippen LogP) is 2.81. The van der Waals surface area contributed by atoms with Crippen LogP contribution in [0.2, 0.25) is 0 Å². The lowest BCUT2D eigenvalue weighted by Crippen LogP contribution is -2.26. The molecule has 1 aromatic rings. The second kappa shape index (κ2) is 6.27. The Morgan fingerprint density at radius 3 is 2.57 bits per heavy atom. The van der Waals surface area contributed by atoms with Gasteiger partial charge in [-0.2, -0.15) is 0 Å². The standard InChI is InChI=1S/C13H14ClF2NO3S/c14-21(19,20)11-7-9(15)6-10(12(11)16)13(18)17-5-1-2-8-3-4-8/h6-8H,1-5H2,(H,17,18). The maximum absolute atomic E-state index is 14.0.